The first kappa shape index (κ1) is 28.5. The van der Waals surface area contributed by atoms with E-state index in [1.165, 1.54) is 31.6 Å². The standard InChI is InChI=1S/C25H23F6N5O2/c1-4-36(5-2)23(38)15-6-7-19(34-13-15)21-20(32-8-9-33-21)14(3)35-22(37)16-10-17(24(26,27)28)12-18(11-16)25(29,30)31/h6-14H,4-5H2,1-3H3,(H,35,37). The first-order valence-corrected chi connectivity index (χ1v) is 11.4. The van der Waals surface area contributed by atoms with E-state index in [-0.39, 0.29) is 23.4 Å². The number of hydrogen-bond donors (Lipinski definition) is 1. The van der Waals surface area contributed by atoms with Gasteiger partial charge in [-0.05, 0) is 51.1 Å². The van der Waals surface area contributed by atoms with E-state index in [9.17, 15) is 35.9 Å². The molecule has 0 saturated carbocycles. The molecule has 3 rings (SSSR count). The summed E-state index contributed by atoms with van der Waals surface area (Å²) in [5.74, 6) is -1.38. The highest BCUT2D eigenvalue weighted by Crippen LogP contribution is 2.36. The first-order valence-electron chi connectivity index (χ1n) is 11.4. The monoisotopic (exact) mass is 539 g/mol. The average Bonchev–Trinajstić information content (AvgIpc) is 2.88. The van der Waals surface area contributed by atoms with Gasteiger partial charge in [0.05, 0.1) is 34.1 Å². The Morgan fingerprint density at radius 2 is 1.45 bits per heavy atom. The lowest BCUT2D eigenvalue weighted by Gasteiger charge is -2.19. The van der Waals surface area contributed by atoms with Crippen LogP contribution in [0.25, 0.3) is 11.4 Å². The minimum atomic E-state index is -5.09. The van der Waals surface area contributed by atoms with Gasteiger partial charge < -0.3 is 10.2 Å². The minimum Gasteiger partial charge on any atom is -0.344 e. The maximum Gasteiger partial charge on any atom is 0.416 e. The van der Waals surface area contributed by atoms with Crippen LogP contribution in [0.3, 0.4) is 0 Å². The highest BCUT2D eigenvalue weighted by molar-refractivity contribution is 5.95. The molecular weight excluding hydrogens is 516 g/mol. The quantitative estimate of drug-likeness (QED) is 0.398. The summed E-state index contributed by atoms with van der Waals surface area (Å²) in [7, 11) is 0. The van der Waals surface area contributed by atoms with Gasteiger partial charge in [-0.3, -0.25) is 24.5 Å². The van der Waals surface area contributed by atoms with Crippen LogP contribution in [0.5, 0.6) is 0 Å². The van der Waals surface area contributed by atoms with Crippen LogP contribution >= 0.6 is 0 Å². The van der Waals surface area contributed by atoms with Gasteiger partial charge >= 0.3 is 12.4 Å². The third-order valence-electron chi connectivity index (χ3n) is 5.64. The van der Waals surface area contributed by atoms with E-state index in [2.05, 4.69) is 20.3 Å². The van der Waals surface area contributed by atoms with Gasteiger partial charge in [-0.1, -0.05) is 0 Å². The van der Waals surface area contributed by atoms with E-state index in [1.54, 1.807) is 11.0 Å². The zero-order chi connectivity index (χ0) is 28.3. The van der Waals surface area contributed by atoms with Crippen molar-refractivity contribution in [3.63, 3.8) is 0 Å². The second kappa shape index (κ2) is 11.2. The van der Waals surface area contributed by atoms with Crippen LogP contribution in [-0.4, -0.2) is 44.8 Å². The summed E-state index contributed by atoms with van der Waals surface area (Å²) in [6.45, 7) is 6.15. The van der Waals surface area contributed by atoms with Gasteiger partial charge in [0, 0.05) is 37.2 Å². The van der Waals surface area contributed by atoms with Crippen molar-refractivity contribution in [1.29, 1.82) is 0 Å². The summed E-state index contributed by atoms with van der Waals surface area (Å²) in [5.41, 5.74) is -3.01. The van der Waals surface area contributed by atoms with Crippen molar-refractivity contribution < 1.29 is 35.9 Å². The SMILES string of the molecule is CCN(CC)C(=O)c1ccc(-c2nccnc2C(C)NC(=O)c2cc(C(F)(F)F)cc(C(F)(F)F)c2)nc1. The summed E-state index contributed by atoms with van der Waals surface area (Å²) in [5, 5.41) is 2.38. The second-order valence-corrected chi connectivity index (χ2v) is 8.19. The number of pyridine rings is 1. The van der Waals surface area contributed by atoms with Crippen LogP contribution in [0.2, 0.25) is 0 Å². The van der Waals surface area contributed by atoms with Gasteiger partial charge in [0.1, 0.15) is 5.69 Å². The summed E-state index contributed by atoms with van der Waals surface area (Å²) < 4.78 is 79.1. The van der Waals surface area contributed by atoms with Gasteiger partial charge in [0.15, 0.2) is 0 Å². The molecule has 202 valence electrons. The zero-order valence-corrected chi connectivity index (χ0v) is 20.5. The Morgan fingerprint density at radius 3 is 1.95 bits per heavy atom. The molecule has 0 spiro atoms. The summed E-state index contributed by atoms with van der Waals surface area (Å²) in [6.07, 6.45) is -6.16. The maximum absolute atomic E-state index is 13.2. The van der Waals surface area contributed by atoms with Crippen LogP contribution in [0.15, 0.2) is 48.9 Å². The predicted molar refractivity (Wildman–Crippen MR) is 125 cm³/mol. The lowest BCUT2D eigenvalue weighted by atomic mass is 10.0. The van der Waals surface area contributed by atoms with E-state index in [0.29, 0.717) is 36.5 Å². The topological polar surface area (TPSA) is 88.1 Å². The molecule has 0 bridgehead atoms. The predicted octanol–water partition coefficient (Wildman–Crippen LogP) is 5.55. The number of amides is 2. The lowest BCUT2D eigenvalue weighted by molar-refractivity contribution is -0.143. The van der Waals surface area contributed by atoms with Crippen molar-refractivity contribution in [3.05, 3.63) is 76.9 Å². The van der Waals surface area contributed by atoms with Crippen molar-refractivity contribution in [2.45, 2.75) is 39.2 Å². The Hall–Kier alpha value is -4.03. The molecule has 0 saturated heterocycles. The molecule has 38 heavy (non-hydrogen) atoms. The molecule has 1 N–H and O–H groups in total. The number of rotatable bonds is 7. The third-order valence-corrected chi connectivity index (χ3v) is 5.64. The van der Waals surface area contributed by atoms with Gasteiger partial charge in [-0.25, -0.2) is 0 Å². The highest BCUT2D eigenvalue weighted by atomic mass is 19.4. The molecule has 7 nitrogen and oxygen atoms in total. The molecule has 2 aromatic heterocycles. The fraction of sp³-hybridized carbons (Fsp3) is 0.320. The number of carbonyl (C=O) groups excluding carboxylic acids is 2. The molecule has 0 aliphatic carbocycles. The number of hydrogen-bond acceptors (Lipinski definition) is 5. The molecule has 1 atom stereocenters. The third kappa shape index (κ3) is 6.45. The zero-order valence-electron chi connectivity index (χ0n) is 20.5. The Morgan fingerprint density at radius 1 is 0.868 bits per heavy atom. The fourth-order valence-electron chi connectivity index (χ4n) is 3.65. The minimum absolute atomic E-state index is 0.0543. The number of alkyl halides is 6. The van der Waals surface area contributed by atoms with Gasteiger partial charge in [-0.15, -0.1) is 0 Å². The largest absolute Gasteiger partial charge is 0.416 e. The van der Waals surface area contributed by atoms with E-state index in [0.717, 1.165) is 0 Å². The average molecular weight is 539 g/mol. The van der Waals surface area contributed by atoms with E-state index in [1.807, 2.05) is 13.8 Å². The Kier molecular flexibility index (Phi) is 8.38. The molecule has 2 amide bonds. The summed E-state index contributed by atoms with van der Waals surface area (Å²) in [4.78, 5) is 39.5. The number of aromatic nitrogens is 3. The Labute approximate surface area is 213 Å². The van der Waals surface area contributed by atoms with Crippen LogP contribution in [0.1, 0.15) is 64.3 Å². The van der Waals surface area contributed by atoms with Gasteiger partial charge in [0.25, 0.3) is 11.8 Å². The molecule has 0 aliphatic rings. The number of halogens is 6. The molecule has 13 heteroatoms. The van der Waals surface area contributed by atoms with Gasteiger partial charge in [-0.2, -0.15) is 26.3 Å². The van der Waals surface area contributed by atoms with Crippen LogP contribution in [-0.2, 0) is 12.4 Å². The smallest absolute Gasteiger partial charge is 0.344 e. The molecule has 2 heterocycles. The van der Waals surface area contributed by atoms with Crippen molar-refractivity contribution in [2.75, 3.05) is 13.1 Å². The van der Waals surface area contributed by atoms with Crippen molar-refractivity contribution >= 4 is 11.8 Å². The summed E-state index contributed by atoms with van der Waals surface area (Å²) in [6, 6.07) is 2.74. The van der Waals surface area contributed by atoms with E-state index >= 15 is 0 Å². The molecular formula is C25H23F6N5O2. The van der Waals surface area contributed by atoms with Crippen LogP contribution < -0.4 is 5.32 Å². The Balaban J connectivity index is 1.90. The maximum atomic E-state index is 13.2. The molecule has 1 unspecified atom stereocenters. The van der Waals surface area contributed by atoms with Crippen LogP contribution in [0.4, 0.5) is 26.3 Å². The van der Waals surface area contributed by atoms with E-state index < -0.39 is 41.0 Å². The number of benzene rings is 1. The summed E-state index contributed by atoms with van der Waals surface area (Å²) >= 11 is 0. The normalized spacial score (nSPS) is 12.7. The van der Waals surface area contributed by atoms with Crippen LogP contribution in [0, 0.1) is 0 Å². The first-order chi connectivity index (χ1) is 17.8. The molecule has 0 aliphatic heterocycles. The van der Waals surface area contributed by atoms with Crippen molar-refractivity contribution in [2.24, 2.45) is 0 Å². The molecule has 3 aromatic rings. The van der Waals surface area contributed by atoms with E-state index in [4.69, 9.17) is 0 Å². The second-order valence-electron chi connectivity index (χ2n) is 8.19. The van der Waals surface area contributed by atoms with Gasteiger partial charge in [0.2, 0.25) is 0 Å². The number of nitrogens with zero attached hydrogens (tertiary/aromatic N) is 4. The molecule has 0 fully saturated rings. The van der Waals surface area contributed by atoms with Crippen molar-refractivity contribution in [1.82, 2.24) is 25.2 Å². The molecule has 1 aromatic carbocycles. The highest BCUT2D eigenvalue weighted by Gasteiger charge is 2.37. The van der Waals surface area contributed by atoms with Crippen molar-refractivity contribution in [3.8, 4) is 11.4 Å². The lowest BCUT2D eigenvalue weighted by Crippen LogP contribution is -2.30. The number of nitrogens with one attached hydrogen (secondary N) is 1. The number of carbonyl (C=O) groups is 2. The fourth-order valence-corrected chi connectivity index (χ4v) is 3.65. The molecule has 0 radical (unpaired) electrons. The Bertz CT molecular complexity index is 1270.